The molecule has 0 aromatic heterocycles. The zero-order valence-corrected chi connectivity index (χ0v) is 17.3. The summed E-state index contributed by atoms with van der Waals surface area (Å²) in [5, 5.41) is 0. The molecule has 4 nitrogen and oxygen atoms in total. The van der Waals surface area contributed by atoms with Crippen LogP contribution in [-0.4, -0.2) is 29.8 Å². The number of anilines is 1. The average Bonchev–Trinajstić information content (AvgIpc) is 3.34. The van der Waals surface area contributed by atoms with E-state index >= 15 is 0 Å². The zero-order chi connectivity index (χ0) is 21.6. The fraction of sp³-hybridized carbons (Fsp3) is 0.231. The van der Waals surface area contributed by atoms with E-state index in [1.54, 1.807) is 29.2 Å². The lowest BCUT2D eigenvalue weighted by molar-refractivity contribution is -0.129. The van der Waals surface area contributed by atoms with Gasteiger partial charge in [-0.05, 0) is 60.4 Å². The van der Waals surface area contributed by atoms with Crippen molar-refractivity contribution in [2.24, 2.45) is 0 Å². The summed E-state index contributed by atoms with van der Waals surface area (Å²) in [6.45, 7) is 1.92. The summed E-state index contributed by atoms with van der Waals surface area (Å²) >= 11 is 0. The lowest BCUT2D eigenvalue weighted by Crippen LogP contribution is -2.30. The molecule has 3 aromatic rings. The molecule has 4 rings (SSSR count). The average molecular weight is 416 g/mol. The smallest absolute Gasteiger partial charge is 0.258 e. The van der Waals surface area contributed by atoms with Gasteiger partial charge in [0, 0.05) is 24.3 Å². The van der Waals surface area contributed by atoms with Crippen molar-refractivity contribution >= 4 is 17.5 Å². The van der Waals surface area contributed by atoms with Gasteiger partial charge in [0.05, 0.1) is 13.0 Å². The first-order valence-corrected chi connectivity index (χ1v) is 10.6. The second-order valence-electron chi connectivity index (χ2n) is 7.82. The molecule has 1 aliphatic heterocycles. The molecule has 1 heterocycles. The molecule has 31 heavy (non-hydrogen) atoms. The summed E-state index contributed by atoms with van der Waals surface area (Å²) in [5.41, 5.74) is 2.89. The summed E-state index contributed by atoms with van der Waals surface area (Å²) in [5.74, 6) is -0.353. The van der Waals surface area contributed by atoms with E-state index in [2.05, 4.69) is 0 Å². The van der Waals surface area contributed by atoms with Gasteiger partial charge in [-0.3, -0.25) is 9.59 Å². The van der Waals surface area contributed by atoms with Gasteiger partial charge >= 0.3 is 0 Å². The molecule has 1 fully saturated rings. The van der Waals surface area contributed by atoms with Crippen molar-refractivity contribution < 1.29 is 14.0 Å². The summed E-state index contributed by atoms with van der Waals surface area (Å²) < 4.78 is 13.7. The normalized spacial score (nSPS) is 13.3. The van der Waals surface area contributed by atoms with Crippen LogP contribution in [0.1, 0.15) is 34.3 Å². The summed E-state index contributed by atoms with van der Waals surface area (Å²) in [6, 6.07) is 22.8. The van der Waals surface area contributed by atoms with E-state index in [-0.39, 0.29) is 24.2 Å². The van der Waals surface area contributed by atoms with Crippen molar-refractivity contribution in [3.63, 3.8) is 0 Å². The van der Waals surface area contributed by atoms with Crippen molar-refractivity contribution in [3.8, 4) is 0 Å². The third-order valence-electron chi connectivity index (χ3n) is 5.56. The largest absolute Gasteiger partial charge is 0.342 e. The number of nitrogens with zero attached hydrogens (tertiary/aromatic N) is 2. The minimum Gasteiger partial charge on any atom is -0.342 e. The molecule has 0 saturated carbocycles. The first-order chi connectivity index (χ1) is 15.1. The molecule has 0 aliphatic carbocycles. The third kappa shape index (κ3) is 5.18. The second-order valence-corrected chi connectivity index (χ2v) is 7.82. The fourth-order valence-electron chi connectivity index (χ4n) is 3.88. The van der Waals surface area contributed by atoms with Crippen LogP contribution >= 0.6 is 0 Å². The molecule has 3 aromatic carbocycles. The van der Waals surface area contributed by atoms with E-state index in [9.17, 15) is 14.0 Å². The molecule has 2 amide bonds. The number of carbonyl (C=O) groups excluding carboxylic acids is 2. The lowest BCUT2D eigenvalue weighted by Gasteiger charge is -2.24. The van der Waals surface area contributed by atoms with Crippen LogP contribution in [0.4, 0.5) is 10.1 Å². The maximum Gasteiger partial charge on any atom is 0.258 e. The maximum absolute atomic E-state index is 13.7. The molecular formula is C26H25FN2O2. The Balaban J connectivity index is 1.56. The molecular weight excluding hydrogens is 391 g/mol. The highest BCUT2D eigenvalue weighted by molar-refractivity contribution is 6.06. The minimum atomic E-state index is -0.333. The highest BCUT2D eigenvalue weighted by atomic mass is 19.1. The molecule has 0 unspecified atom stereocenters. The first kappa shape index (κ1) is 20.8. The molecule has 5 heteroatoms. The SMILES string of the molecule is O=C(Cc1ccc(N(Cc2cccc(F)c2)C(=O)c2ccccc2)cc1)N1CCCC1. The van der Waals surface area contributed by atoms with Gasteiger partial charge in [0.15, 0.2) is 0 Å². The minimum absolute atomic E-state index is 0.141. The Bertz CT molecular complexity index is 1040. The maximum atomic E-state index is 13.7. The molecule has 0 bridgehead atoms. The van der Waals surface area contributed by atoms with E-state index in [0.717, 1.165) is 31.5 Å². The standard InChI is InChI=1S/C26H25FN2O2/c27-23-10-6-7-21(17-23)19-29(26(31)22-8-2-1-3-9-22)24-13-11-20(12-14-24)18-25(30)28-15-4-5-16-28/h1-3,6-14,17H,4-5,15-16,18-19H2. The summed E-state index contributed by atoms with van der Waals surface area (Å²) in [7, 11) is 0. The fourth-order valence-corrected chi connectivity index (χ4v) is 3.88. The Kier molecular flexibility index (Phi) is 6.41. The van der Waals surface area contributed by atoms with E-state index < -0.39 is 0 Å². The molecule has 1 saturated heterocycles. The van der Waals surface area contributed by atoms with Gasteiger partial charge in [-0.1, -0.05) is 42.5 Å². The predicted octanol–water partition coefficient (Wildman–Crippen LogP) is 4.84. The Morgan fingerprint density at radius 3 is 2.23 bits per heavy atom. The van der Waals surface area contributed by atoms with Crippen LogP contribution in [-0.2, 0) is 17.8 Å². The highest BCUT2D eigenvalue weighted by Crippen LogP contribution is 2.22. The van der Waals surface area contributed by atoms with Gasteiger partial charge in [0.2, 0.25) is 5.91 Å². The quantitative estimate of drug-likeness (QED) is 0.577. The number of amides is 2. The van der Waals surface area contributed by atoms with Crippen LogP contribution in [0.25, 0.3) is 0 Å². The Labute approximate surface area is 181 Å². The van der Waals surface area contributed by atoms with Gasteiger partial charge in [-0.15, -0.1) is 0 Å². The van der Waals surface area contributed by atoms with Gasteiger partial charge in [-0.2, -0.15) is 0 Å². The first-order valence-electron chi connectivity index (χ1n) is 10.6. The second kappa shape index (κ2) is 9.56. The van der Waals surface area contributed by atoms with Crippen molar-refractivity contribution in [3.05, 3.63) is 101 Å². The number of carbonyl (C=O) groups is 2. The van der Waals surface area contributed by atoms with Crippen LogP contribution in [0.15, 0.2) is 78.9 Å². The number of likely N-dealkylation sites (tertiary alicyclic amines) is 1. The predicted molar refractivity (Wildman–Crippen MR) is 119 cm³/mol. The van der Waals surface area contributed by atoms with Crippen LogP contribution in [0.3, 0.4) is 0 Å². The van der Waals surface area contributed by atoms with Gasteiger partial charge in [-0.25, -0.2) is 4.39 Å². The van der Waals surface area contributed by atoms with Gasteiger partial charge < -0.3 is 9.80 Å². The molecule has 0 radical (unpaired) electrons. The number of hydrogen-bond acceptors (Lipinski definition) is 2. The van der Waals surface area contributed by atoms with Crippen molar-refractivity contribution in [2.75, 3.05) is 18.0 Å². The molecule has 158 valence electrons. The summed E-state index contributed by atoms with van der Waals surface area (Å²) in [6.07, 6.45) is 2.50. The molecule has 0 N–H and O–H groups in total. The van der Waals surface area contributed by atoms with Gasteiger partial charge in [0.1, 0.15) is 5.82 Å². The van der Waals surface area contributed by atoms with Crippen LogP contribution in [0.5, 0.6) is 0 Å². The van der Waals surface area contributed by atoms with Crippen molar-refractivity contribution in [1.29, 1.82) is 0 Å². The summed E-state index contributed by atoms with van der Waals surface area (Å²) in [4.78, 5) is 29.2. The highest BCUT2D eigenvalue weighted by Gasteiger charge is 2.20. The number of benzene rings is 3. The molecule has 0 spiro atoms. The topological polar surface area (TPSA) is 40.6 Å². The van der Waals surface area contributed by atoms with Gasteiger partial charge in [0.25, 0.3) is 5.91 Å². The Morgan fingerprint density at radius 2 is 1.55 bits per heavy atom. The Hall–Kier alpha value is -3.47. The van der Waals surface area contributed by atoms with Crippen molar-refractivity contribution in [2.45, 2.75) is 25.8 Å². The van der Waals surface area contributed by atoms with E-state index in [4.69, 9.17) is 0 Å². The number of rotatable bonds is 6. The molecule has 0 atom stereocenters. The number of hydrogen-bond donors (Lipinski definition) is 0. The monoisotopic (exact) mass is 416 g/mol. The zero-order valence-electron chi connectivity index (χ0n) is 17.3. The van der Waals surface area contributed by atoms with E-state index in [1.165, 1.54) is 12.1 Å². The lowest BCUT2D eigenvalue weighted by atomic mass is 10.1. The van der Waals surface area contributed by atoms with Crippen LogP contribution in [0.2, 0.25) is 0 Å². The van der Waals surface area contributed by atoms with Crippen LogP contribution < -0.4 is 4.90 Å². The van der Waals surface area contributed by atoms with Crippen molar-refractivity contribution in [1.82, 2.24) is 4.90 Å². The third-order valence-corrected chi connectivity index (χ3v) is 5.56. The van der Waals surface area contributed by atoms with Crippen LogP contribution in [0, 0.1) is 5.82 Å². The van der Waals surface area contributed by atoms with E-state index in [0.29, 0.717) is 23.2 Å². The number of halogens is 1. The van der Waals surface area contributed by atoms with E-state index in [1.807, 2.05) is 47.4 Å². The molecule has 1 aliphatic rings. The Morgan fingerprint density at radius 1 is 0.839 bits per heavy atom.